The quantitative estimate of drug-likeness (QED) is 0.829. The van der Waals surface area contributed by atoms with Crippen LogP contribution < -0.4 is 5.73 Å². The van der Waals surface area contributed by atoms with E-state index in [1.54, 1.807) is 6.92 Å². The van der Waals surface area contributed by atoms with Crippen molar-refractivity contribution in [2.24, 2.45) is 0 Å². The summed E-state index contributed by atoms with van der Waals surface area (Å²) in [7, 11) is -1.89. The van der Waals surface area contributed by atoms with Gasteiger partial charge in [-0.15, -0.1) is 0 Å². The first kappa shape index (κ1) is 15.2. The minimum Gasteiger partial charge on any atom is -0.398 e. The molecule has 1 unspecified atom stereocenters. The van der Waals surface area contributed by atoms with Crippen LogP contribution in [0.5, 0.6) is 0 Å². The summed E-state index contributed by atoms with van der Waals surface area (Å²) in [6.45, 7) is 4.93. The number of likely N-dealkylation sites (N-methyl/N-ethyl adjacent to an activating group) is 1. The largest absolute Gasteiger partial charge is 0.398 e. The Balaban J connectivity index is 2.38. The number of nitrogens with zero attached hydrogens (tertiary/aromatic N) is 2. The summed E-state index contributed by atoms with van der Waals surface area (Å²) >= 11 is 0. The first-order chi connectivity index (χ1) is 9.23. The van der Waals surface area contributed by atoms with Gasteiger partial charge in [0.1, 0.15) is 10.7 Å². The van der Waals surface area contributed by atoms with E-state index in [1.807, 2.05) is 14.0 Å². The molecule has 1 saturated heterocycles. The Morgan fingerprint density at radius 3 is 2.60 bits per heavy atom. The molecule has 1 aromatic carbocycles. The predicted octanol–water partition coefficient (Wildman–Crippen LogP) is 1.04. The van der Waals surface area contributed by atoms with Crippen LogP contribution in [0.2, 0.25) is 0 Å². The molecule has 0 amide bonds. The van der Waals surface area contributed by atoms with Crippen molar-refractivity contribution < 1.29 is 12.8 Å². The van der Waals surface area contributed by atoms with Crippen LogP contribution in [0.3, 0.4) is 0 Å². The minimum absolute atomic E-state index is 0.101. The number of anilines is 1. The molecule has 2 rings (SSSR count). The topological polar surface area (TPSA) is 66.6 Å². The summed E-state index contributed by atoms with van der Waals surface area (Å²) < 4.78 is 40.4. The fourth-order valence-electron chi connectivity index (χ4n) is 2.24. The Kier molecular flexibility index (Phi) is 4.04. The highest BCUT2D eigenvalue weighted by molar-refractivity contribution is 7.89. The summed E-state index contributed by atoms with van der Waals surface area (Å²) in [6.07, 6.45) is 0. The van der Waals surface area contributed by atoms with E-state index in [-0.39, 0.29) is 16.6 Å². The van der Waals surface area contributed by atoms with E-state index in [0.29, 0.717) is 25.2 Å². The van der Waals surface area contributed by atoms with Crippen LogP contribution in [-0.2, 0) is 10.0 Å². The predicted molar refractivity (Wildman–Crippen MR) is 76.4 cm³/mol. The molecule has 7 heteroatoms. The van der Waals surface area contributed by atoms with Crippen LogP contribution in [0.4, 0.5) is 10.1 Å². The molecule has 0 radical (unpaired) electrons. The second kappa shape index (κ2) is 5.31. The number of nitrogen functional groups attached to an aromatic ring is 1. The maximum absolute atomic E-state index is 14.0. The monoisotopic (exact) mass is 301 g/mol. The van der Waals surface area contributed by atoms with Crippen LogP contribution in [0, 0.1) is 12.7 Å². The van der Waals surface area contributed by atoms with Crippen molar-refractivity contribution in [2.75, 3.05) is 32.4 Å². The molecule has 0 bridgehead atoms. The summed E-state index contributed by atoms with van der Waals surface area (Å²) in [6, 6.07) is 2.48. The average molecular weight is 301 g/mol. The van der Waals surface area contributed by atoms with Crippen molar-refractivity contribution in [3.05, 3.63) is 23.5 Å². The molecule has 20 heavy (non-hydrogen) atoms. The third-order valence-electron chi connectivity index (χ3n) is 3.86. The Bertz CT molecular complexity index is 618. The summed E-state index contributed by atoms with van der Waals surface area (Å²) in [5, 5.41) is 0. The number of hydrogen-bond donors (Lipinski definition) is 1. The maximum atomic E-state index is 14.0. The molecule has 0 saturated carbocycles. The molecule has 1 aliphatic heterocycles. The number of rotatable bonds is 2. The third kappa shape index (κ3) is 2.65. The standard InChI is InChI=1S/C13H20FN3O2S/c1-9-6-11(14)13(7-12(9)15)20(18,19)17-5-4-16(3)10(2)8-17/h6-7,10H,4-5,8,15H2,1-3H3. The van der Waals surface area contributed by atoms with Crippen LogP contribution in [0.15, 0.2) is 17.0 Å². The molecule has 5 nitrogen and oxygen atoms in total. The molecule has 2 N–H and O–H groups in total. The molecule has 1 fully saturated rings. The van der Waals surface area contributed by atoms with Crippen molar-refractivity contribution >= 4 is 15.7 Å². The number of benzene rings is 1. The van der Waals surface area contributed by atoms with Gasteiger partial charge in [-0.3, -0.25) is 0 Å². The van der Waals surface area contributed by atoms with Crippen LogP contribution in [0.25, 0.3) is 0 Å². The smallest absolute Gasteiger partial charge is 0.246 e. The fourth-order valence-corrected chi connectivity index (χ4v) is 3.83. The summed E-state index contributed by atoms with van der Waals surface area (Å²) in [5.41, 5.74) is 6.53. The van der Waals surface area contributed by atoms with Gasteiger partial charge in [0.15, 0.2) is 0 Å². The van der Waals surface area contributed by atoms with Gasteiger partial charge in [0.2, 0.25) is 10.0 Å². The molecule has 0 spiro atoms. The minimum atomic E-state index is -3.84. The lowest BCUT2D eigenvalue weighted by Gasteiger charge is -2.36. The highest BCUT2D eigenvalue weighted by Crippen LogP contribution is 2.25. The zero-order valence-electron chi connectivity index (χ0n) is 11.9. The van der Waals surface area contributed by atoms with Crippen LogP contribution in [0.1, 0.15) is 12.5 Å². The molecule has 1 heterocycles. The van der Waals surface area contributed by atoms with Gasteiger partial charge in [0.25, 0.3) is 0 Å². The van der Waals surface area contributed by atoms with E-state index in [9.17, 15) is 12.8 Å². The van der Waals surface area contributed by atoms with Crippen molar-refractivity contribution in [1.82, 2.24) is 9.21 Å². The van der Waals surface area contributed by atoms with Crippen molar-refractivity contribution in [2.45, 2.75) is 24.8 Å². The van der Waals surface area contributed by atoms with Gasteiger partial charge in [0, 0.05) is 31.4 Å². The molecule has 1 aromatic rings. The van der Waals surface area contributed by atoms with Gasteiger partial charge in [-0.1, -0.05) is 0 Å². The van der Waals surface area contributed by atoms with Gasteiger partial charge in [-0.05, 0) is 38.6 Å². The lowest BCUT2D eigenvalue weighted by molar-refractivity contribution is 0.159. The molecule has 1 aliphatic rings. The van der Waals surface area contributed by atoms with E-state index in [2.05, 4.69) is 4.90 Å². The zero-order chi connectivity index (χ0) is 15.1. The van der Waals surface area contributed by atoms with Crippen molar-refractivity contribution in [1.29, 1.82) is 0 Å². The molecular weight excluding hydrogens is 281 g/mol. The molecular formula is C13H20FN3O2S. The summed E-state index contributed by atoms with van der Waals surface area (Å²) in [4.78, 5) is 1.74. The Hall–Kier alpha value is -1.18. The molecule has 112 valence electrons. The second-order valence-corrected chi connectivity index (χ2v) is 7.24. The van der Waals surface area contributed by atoms with Crippen molar-refractivity contribution in [3.8, 4) is 0 Å². The SMILES string of the molecule is Cc1cc(F)c(S(=O)(=O)N2CCN(C)C(C)C2)cc1N. The Morgan fingerprint density at radius 2 is 2.00 bits per heavy atom. The normalized spacial score (nSPS) is 22.1. The lowest BCUT2D eigenvalue weighted by Crippen LogP contribution is -2.51. The number of nitrogens with two attached hydrogens (primary N) is 1. The van der Waals surface area contributed by atoms with E-state index < -0.39 is 15.8 Å². The maximum Gasteiger partial charge on any atom is 0.246 e. The highest BCUT2D eigenvalue weighted by Gasteiger charge is 2.32. The lowest BCUT2D eigenvalue weighted by atomic mass is 10.2. The van der Waals surface area contributed by atoms with E-state index in [4.69, 9.17) is 5.73 Å². The Morgan fingerprint density at radius 1 is 1.35 bits per heavy atom. The first-order valence-electron chi connectivity index (χ1n) is 6.49. The van der Waals surface area contributed by atoms with Gasteiger partial charge < -0.3 is 10.6 Å². The van der Waals surface area contributed by atoms with Gasteiger partial charge in [0.05, 0.1) is 0 Å². The van der Waals surface area contributed by atoms with Gasteiger partial charge in [-0.25, -0.2) is 12.8 Å². The highest BCUT2D eigenvalue weighted by atomic mass is 32.2. The van der Waals surface area contributed by atoms with E-state index >= 15 is 0 Å². The number of sulfonamides is 1. The number of aryl methyl sites for hydroxylation is 1. The van der Waals surface area contributed by atoms with E-state index in [1.165, 1.54) is 16.4 Å². The zero-order valence-corrected chi connectivity index (χ0v) is 12.7. The number of halogens is 1. The van der Waals surface area contributed by atoms with E-state index in [0.717, 1.165) is 0 Å². The van der Waals surface area contributed by atoms with Gasteiger partial charge in [-0.2, -0.15) is 4.31 Å². The Labute approximate surface area is 119 Å². The van der Waals surface area contributed by atoms with Gasteiger partial charge >= 0.3 is 0 Å². The first-order valence-corrected chi connectivity index (χ1v) is 7.93. The van der Waals surface area contributed by atoms with Crippen LogP contribution in [-0.4, -0.2) is 50.3 Å². The molecule has 0 aromatic heterocycles. The van der Waals surface area contributed by atoms with Crippen LogP contribution >= 0.6 is 0 Å². The average Bonchev–Trinajstić information content (AvgIpc) is 2.36. The number of piperazine rings is 1. The molecule has 1 atom stereocenters. The third-order valence-corrected chi connectivity index (χ3v) is 5.74. The number of hydrogen-bond acceptors (Lipinski definition) is 4. The van der Waals surface area contributed by atoms with Crippen molar-refractivity contribution in [3.63, 3.8) is 0 Å². The molecule has 0 aliphatic carbocycles. The second-order valence-electron chi connectivity index (χ2n) is 5.33. The fraction of sp³-hybridized carbons (Fsp3) is 0.538. The summed E-state index contributed by atoms with van der Waals surface area (Å²) in [5.74, 6) is -0.747.